The Bertz CT molecular complexity index is 735. The van der Waals surface area contributed by atoms with Gasteiger partial charge in [0.1, 0.15) is 0 Å². The van der Waals surface area contributed by atoms with Crippen LogP contribution in [0.4, 0.5) is 5.69 Å². The molecule has 0 saturated carbocycles. The third-order valence-electron chi connectivity index (χ3n) is 3.82. The van der Waals surface area contributed by atoms with Crippen LogP contribution in [0.2, 0.25) is 5.02 Å². The molecule has 0 aliphatic carbocycles. The fourth-order valence-corrected chi connectivity index (χ4v) is 2.88. The summed E-state index contributed by atoms with van der Waals surface area (Å²) in [5.41, 5.74) is 1.98. The molecule has 1 unspecified atom stereocenters. The van der Waals surface area contributed by atoms with Crippen molar-refractivity contribution in [3.8, 4) is 5.88 Å². The molecule has 1 aromatic heterocycles. The molecule has 6 nitrogen and oxygen atoms in total. The van der Waals surface area contributed by atoms with Gasteiger partial charge in [0, 0.05) is 41.6 Å². The van der Waals surface area contributed by atoms with Crippen LogP contribution in [0.5, 0.6) is 5.88 Å². The number of hydrogen-bond acceptors (Lipinski definition) is 5. The van der Waals surface area contributed by atoms with Gasteiger partial charge in [-0.3, -0.25) is 4.79 Å². The van der Waals surface area contributed by atoms with Gasteiger partial charge in [-0.1, -0.05) is 17.7 Å². The van der Waals surface area contributed by atoms with Crippen molar-refractivity contribution in [2.45, 2.75) is 13.0 Å². The number of rotatable bonds is 5. The normalized spacial score (nSPS) is 16.5. The average Bonchev–Trinajstić information content (AvgIpc) is 2.63. The summed E-state index contributed by atoms with van der Waals surface area (Å²) in [7, 11) is 0. The number of aromatic nitrogens is 1. The van der Waals surface area contributed by atoms with Gasteiger partial charge in [-0.05, 0) is 25.1 Å². The molecule has 0 radical (unpaired) electrons. The van der Waals surface area contributed by atoms with E-state index in [4.69, 9.17) is 21.1 Å². The maximum atomic E-state index is 12.3. The molecule has 1 fully saturated rings. The molecule has 1 atom stereocenters. The van der Waals surface area contributed by atoms with Gasteiger partial charge in [0.25, 0.3) is 5.91 Å². The van der Waals surface area contributed by atoms with Gasteiger partial charge in [0.2, 0.25) is 5.88 Å². The number of ether oxygens (including phenoxy) is 2. The summed E-state index contributed by atoms with van der Waals surface area (Å²) in [6.07, 6.45) is 1.42. The summed E-state index contributed by atoms with van der Waals surface area (Å²) in [6.45, 7) is 4.64. The third-order valence-corrected chi connectivity index (χ3v) is 4.15. The Morgan fingerprint density at radius 1 is 1.42 bits per heavy atom. The van der Waals surface area contributed by atoms with E-state index in [1.807, 2.05) is 19.1 Å². The van der Waals surface area contributed by atoms with E-state index in [1.54, 1.807) is 18.2 Å². The topological polar surface area (TPSA) is 72.5 Å². The van der Waals surface area contributed by atoms with Crippen molar-refractivity contribution in [2.24, 2.45) is 0 Å². The lowest BCUT2D eigenvalue weighted by Crippen LogP contribution is -2.33. The predicted molar refractivity (Wildman–Crippen MR) is 104 cm³/mol. The van der Waals surface area contributed by atoms with Crippen LogP contribution in [0.25, 0.3) is 0 Å². The Hall–Kier alpha value is -1.86. The molecule has 140 valence electrons. The molecule has 0 bridgehead atoms. The summed E-state index contributed by atoms with van der Waals surface area (Å²) < 4.78 is 11.0. The second-order valence-electron chi connectivity index (χ2n) is 5.57. The molecule has 1 amide bonds. The molecule has 2 heterocycles. The summed E-state index contributed by atoms with van der Waals surface area (Å²) in [5, 5.41) is 6.66. The van der Waals surface area contributed by atoms with Crippen LogP contribution in [0, 0.1) is 0 Å². The van der Waals surface area contributed by atoms with Crippen molar-refractivity contribution in [1.29, 1.82) is 0 Å². The van der Waals surface area contributed by atoms with E-state index in [0.717, 1.165) is 18.7 Å². The number of hydrogen-bond donors (Lipinski definition) is 2. The maximum Gasteiger partial charge on any atom is 0.257 e. The van der Waals surface area contributed by atoms with Crippen molar-refractivity contribution in [3.05, 3.63) is 52.7 Å². The van der Waals surface area contributed by atoms with Gasteiger partial charge in [-0.25, -0.2) is 4.98 Å². The molecule has 26 heavy (non-hydrogen) atoms. The van der Waals surface area contributed by atoms with Crippen molar-refractivity contribution in [2.75, 3.05) is 31.6 Å². The van der Waals surface area contributed by atoms with Gasteiger partial charge in [-0.2, -0.15) is 0 Å². The zero-order chi connectivity index (χ0) is 17.6. The molecule has 0 spiro atoms. The molecule has 2 N–H and O–H groups in total. The SMILES string of the molecule is CCOc1ccc(C(=O)Nc2ccc(C3CNCCO3)c(Cl)c2)cn1.Cl. The smallest absolute Gasteiger partial charge is 0.257 e. The molecule has 2 aromatic rings. The number of nitrogens with zero attached hydrogens (tertiary/aromatic N) is 1. The molecule has 3 rings (SSSR count). The average molecular weight is 398 g/mol. The predicted octanol–water partition coefficient (Wildman–Crippen LogP) is 3.47. The van der Waals surface area contributed by atoms with E-state index in [1.165, 1.54) is 6.20 Å². The largest absolute Gasteiger partial charge is 0.478 e. The number of anilines is 1. The van der Waals surface area contributed by atoms with Crippen molar-refractivity contribution in [1.82, 2.24) is 10.3 Å². The number of pyridine rings is 1. The number of amides is 1. The molecule has 1 saturated heterocycles. The van der Waals surface area contributed by atoms with Gasteiger partial charge >= 0.3 is 0 Å². The first-order valence-electron chi connectivity index (χ1n) is 8.19. The van der Waals surface area contributed by atoms with E-state index in [-0.39, 0.29) is 24.4 Å². The quantitative estimate of drug-likeness (QED) is 0.807. The second-order valence-corrected chi connectivity index (χ2v) is 5.98. The standard InChI is InChI=1S/C18H20ClN3O3.ClH/c1-2-24-17-6-3-12(10-21-17)18(23)22-13-4-5-14(15(19)9-13)16-11-20-7-8-25-16;/h3-6,9-10,16,20H,2,7-8,11H2,1H3,(H,22,23);1H. The summed E-state index contributed by atoms with van der Waals surface area (Å²) >= 11 is 6.36. The Kier molecular flexibility index (Phi) is 7.66. The molecule has 1 aliphatic rings. The number of halogens is 2. The monoisotopic (exact) mass is 397 g/mol. The van der Waals surface area contributed by atoms with E-state index in [2.05, 4.69) is 15.6 Å². The van der Waals surface area contributed by atoms with E-state index in [0.29, 0.717) is 35.4 Å². The van der Waals surface area contributed by atoms with Crippen molar-refractivity contribution < 1.29 is 14.3 Å². The fraction of sp³-hybridized carbons (Fsp3) is 0.333. The Balaban J connectivity index is 0.00000243. The number of benzene rings is 1. The Morgan fingerprint density at radius 3 is 2.88 bits per heavy atom. The Morgan fingerprint density at radius 2 is 2.27 bits per heavy atom. The molecule has 1 aliphatic heterocycles. The summed E-state index contributed by atoms with van der Waals surface area (Å²) in [4.78, 5) is 16.4. The van der Waals surface area contributed by atoms with Crippen LogP contribution in [-0.2, 0) is 4.74 Å². The lowest BCUT2D eigenvalue weighted by molar-refractivity contribution is 0.0278. The Labute approximate surface area is 163 Å². The zero-order valence-corrected chi connectivity index (χ0v) is 15.9. The second kappa shape index (κ2) is 9.73. The van der Waals surface area contributed by atoms with E-state index in [9.17, 15) is 4.79 Å². The minimum Gasteiger partial charge on any atom is -0.478 e. The molecule has 1 aromatic carbocycles. The number of morpholine rings is 1. The van der Waals surface area contributed by atoms with Gasteiger partial charge in [0.15, 0.2) is 0 Å². The summed E-state index contributed by atoms with van der Waals surface area (Å²) in [6, 6.07) is 8.77. The van der Waals surface area contributed by atoms with Gasteiger partial charge in [0.05, 0.1) is 24.9 Å². The van der Waals surface area contributed by atoms with E-state index >= 15 is 0 Å². The third kappa shape index (κ3) is 5.08. The highest BCUT2D eigenvalue weighted by Gasteiger charge is 2.19. The zero-order valence-electron chi connectivity index (χ0n) is 14.3. The van der Waals surface area contributed by atoms with Crippen LogP contribution >= 0.6 is 24.0 Å². The lowest BCUT2D eigenvalue weighted by Gasteiger charge is -2.25. The maximum absolute atomic E-state index is 12.3. The lowest BCUT2D eigenvalue weighted by atomic mass is 10.1. The number of carbonyl (C=O) groups is 1. The minimum absolute atomic E-state index is 0. The van der Waals surface area contributed by atoms with Crippen LogP contribution in [0.1, 0.15) is 28.9 Å². The fourth-order valence-electron chi connectivity index (χ4n) is 2.58. The first kappa shape index (κ1) is 20.5. The summed E-state index contributed by atoms with van der Waals surface area (Å²) in [5.74, 6) is 0.238. The van der Waals surface area contributed by atoms with Crippen molar-refractivity contribution in [3.63, 3.8) is 0 Å². The minimum atomic E-state index is -0.255. The first-order valence-corrected chi connectivity index (χ1v) is 8.57. The number of carbonyl (C=O) groups excluding carboxylic acids is 1. The molecule has 8 heteroatoms. The van der Waals surface area contributed by atoms with Gasteiger partial charge < -0.3 is 20.1 Å². The molecular weight excluding hydrogens is 377 g/mol. The first-order chi connectivity index (χ1) is 12.2. The van der Waals surface area contributed by atoms with Crippen LogP contribution < -0.4 is 15.4 Å². The molecular formula is C18H21Cl2N3O3. The van der Waals surface area contributed by atoms with E-state index < -0.39 is 0 Å². The van der Waals surface area contributed by atoms with Gasteiger partial charge in [-0.15, -0.1) is 12.4 Å². The number of nitrogens with one attached hydrogen (secondary N) is 2. The highest BCUT2D eigenvalue weighted by atomic mass is 35.5. The highest BCUT2D eigenvalue weighted by molar-refractivity contribution is 6.31. The van der Waals surface area contributed by atoms with Crippen LogP contribution in [0.3, 0.4) is 0 Å². The highest BCUT2D eigenvalue weighted by Crippen LogP contribution is 2.29. The van der Waals surface area contributed by atoms with Crippen LogP contribution in [0.15, 0.2) is 36.5 Å². The van der Waals surface area contributed by atoms with Crippen molar-refractivity contribution >= 4 is 35.6 Å². The van der Waals surface area contributed by atoms with Crippen LogP contribution in [-0.4, -0.2) is 37.2 Å².